The minimum absolute atomic E-state index is 0. The number of nitrogens with one attached hydrogen (secondary N) is 1. The van der Waals surface area contributed by atoms with Crippen LogP contribution in [0.25, 0.3) is 11.0 Å². The van der Waals surface area contributed by atoms with E-state index < -0.39 is 0 Å². The summed E-state index contributed by atoms with van der Waals surface area (Å²) in [6.07, 6.45) is 1.69. The molecule has 2 aromatic heterocycles. The van der Waals surface area contributed by atoms with Gasteiger partial charge in [-0.15, -0.1) is 12.4 Å². The first-order valence-corrected chi connectivity index (χ1v) is 8.58. The molecule has 3 N–H and O–H groups in total. The summed E-state index contributed by atoms with van der Waals surface area (Å²) < 4.78 is 7.26. The van der Waals surface area contributed by atoms with E-state index in [1.54, 1.807) is 36.5 Å². The number of nitrogens with zero attached hydrogens (tertiary/aromatic N) is 3. The Bertz CT molecular complexity index is 922. The molecule has 2 heterocycles. The van der Waals surface area contributed by atoms with Crippen molar-refractivity contribution < 1.29 is 9.53 Å². The molecule has 0 aliphatic carbocycles. The van der Waals surface area contributed by atoms with E-state index in [0.29, 0.717) is 30.2 Å². The summed E-state index contributed by atoms with van der Waals surface area (Å²) >= 11 is 0. The Morgan fingerprint density at radius 1 is 1.30 bits per heavy atom. The van der Waals surface area contributed by atoms with E-state index in [1.165, 1.54) is 0 Å². The lowest BCUT2D eigenvalue weighted by molar-refractivity contribution is 0.102. The van der Waals surface area contributed by atoms with E-state index in [2.05, 4.69) is 15.4 Å². The lowest BCUT2D eigenvalue weighted by Crippen LogP contribution is -2.13. The number of aromatic nitrogens is 3. The molecule has 0 aliphatic heterocycles. The van der Waals surface area contributed by atoms with E-state index in [0.717, 1.165) is 16.7 Å². The molecular weight excluding hydrogens is 366 g/mol. The molecule has 144 valence electrons. The number of carbonyl (C=O) groups is 1. The molecule has 1 amide bonds. The van der Waals surface area contributed by atoms with Crippen molar-refractivity contribution in [2.75, 3.05) is 18.5 Å². The number of rotatable bonds is 6. The first-order valence-electron chi connectivity index (χ1n) is 8.58. The predicted octanol–water partition coefficient (Wildman–Crippen LogP) is 3.33. The minimum atomic E-state index is -0.195. The molecule has 27 heavy (non-hydrogen) atoms. The van der Waals surface area contributed by atoms with Crippen molar-refractivity contribution in [3.05, 3.63) is 47.8 Å². The first kappa shape index (κ1) is 20.7. The standard InChI is InChI=1S/C19H23N5O2.ClH/c1-12(2)24-18-17(11-21-24)16(10-13(3)22-18)19(25)23-14-4-6-15(7-5-14)26-9-8-20;/h4-7,10-12H,8-9,20H2,1-3H3,(H,23,25);1H. The van der Waals surface area contributed by atoms with Gasteiger partial charge in [-0.1, -0.05) is 0 Å². The fraction of sp³-hybridized carbons (Fsp3) is 0.316. The molecule has 7 nitrogen and oxygen atoms in total. The highest BCUT2D eigenvalue weighted by Gasteiger charge is 2.17. The Hall–Kier alpha value is -2.64. The normalized spacial score (nSPS) is 10.7. The number of hydrogen-bond donors (Lipinski definition) is 2. The number of pyridine rings is 1. The predicted molar refractivity (Wildman–Crippen MR) is 109 cm³/mol. The van der Waals surface area contributed by atoms with E-state index in [1.807, 2.05) is 25.5 Å². The maximum Gasteiger partial charge on any atom is 0.256 e. The molecule has 3 rings (SSSR count). The van der Waals surface area contributed by atoms with Gasteiger partial charge in [0.05, 0.1) is 17.1 Å². The Morgan fingerprint density at radius 3 is 2.63 bits per heavy atom. The van der Waals surface area contributed by atoms with Crippen molar-refractivity contribution in [3.8, 4) is 5.75 Å². The van der Waals surface area contributed by atoms with Gasteiger partial charge in [0.1, 0.15) is 12.4 Å². The van der Waals surface area contributed by atoms with Gasteiger partial charge in [0.2, 0.25) is 0 Å². The van der Waals surface area contributed by atoms with Crippen LogP contribution in [0.5, 0.6) is 5.75 Å². The molecule has 0 saturated heterocycles. The molecule has 8 heteroatoms. The monoisotopic (exact) mass is 389 g/mol. The third kappa shape index (κ3) is 4.56. The summed E-state index contributed by atoms with van der Waals surface area (Å²) in [5.41, 5.74) is 8.16. The molecule has 0 unspecified atom stereocenters. The maximum absolute atomic E-state index is 12.8. The van der Waals surface area contributed by atoms with Gasteiger partial charge in [-0.05, 0) is 51.1 Å². The first-order chi connectivity index (χ1) is 12.5. The topological polar surface area (TPSA) is 95.1 Å². The maximum atomic E-state index is 12.8. The average Bonchev–Trinajstić information content (AvgIpc) is 3.04. The quantitative estimate of drug-likeness (QED) is 0.674. The Morgan fingerprint density at radius 2 is 2.00 bits per heavy atom. The molecule has 0 spiro atoms. The average molecular weight is 390 g/mol. The number of amides is 1. The minimum Gasteiger partial charge on any atom is -0.492 e. The smallest absolute Gasteiger partial charge is 0.256 e. The SMILES string of the molecule is Cc1cc(C(=O)Nc2ccc(OCCN)cc2)c2cnn(C(C)C)c2n1.Cl. The number of halogens is 1. The fourth-order valence-corrected chi connectivity index (χ4v) is 2.72. The van der Waals surface area contributed by atoms with Gasteiger partial charge in [-0.2, -0.15) is 5.10 Å². The summed E-state index contributed by atoms with van der Waals surface area (Å²) in [6.45, 7) is 6.85. The zero-order chi connectivity index (χ0) is 18.7. The van der Waals surface area contributed by atoms with E-state index >= 15 is 0 Å². The summed E-state index contributed by atoms with van der Waals surface area (Å²) in [5, 5.41) is 8.03. The number of benzene rings is 1. The number of ether oxygens (including phenoxy) is 1. The Labute approximate surface area is 164 Å². The van der Waals surface area contributed by atoms with Crippen LogP contribution in [0.4, 0.5) is 5.69 Å². The van der Waals surface area contributed by atoms with Crippen molar-refractivity contribution in [1.29, 1.82) is 0 Å². The van der Waals surface area contributed by atoms with Gasteiger partial charge in [0.15, 0.2) is 5.65 Å². The molecule has 0 aliphatic rings. The Balaban J connectivity index is 0.00000261. The molecule has 0 saturated carbocycles. The van der Waals surface area contributed by atoms with Gasteiger partial charge >= 0.3 is 0 Å². The van der Waals surface area contributed by atoms with Gasteiger partial charge < -0.3 is 15.8 Å². The van der Waals surface area contributed by atoms with E-state index in [9.17, 15) is 4.79 Å². The van der Waals surface area contributed by atoms with Gasteiger partial charge in [0, 0.05) is 24.0 Å². The fourth-order valence-electron chi connectivity index (χ4n) is 2.72. The largest absolute Gasteiger partial charge is 0.492 e. The molecule has 1 aromatic carbocycles. The second kappa shape index (κ2) is 8.83. The second-order valence-corrected chi connectivity index (χ2v) is 6.35. The summed E-state index contributed by atoms with van der Waals surface area (Å²) in [5.74, 6) is 0.522. The third-order valence-electron chi connectivity index (χ3n) is 3.93. The second-order valence-electron chi connectivity index (χ2n) is 6.35. The van der Waals surface area contributed by atoms with Crippen LogP contribution in [0, 0.1) is 6.92 Å². The van der Waals surface area contributed by atoms with Crippen molar-refractivity contribution in [2.24, 2.45) is 5.73 Å². The molecule has 0 radical (unpaired) electrons. The Kier molecular flexibility index (Phi) is 6.76. The van der Waals surface area contributed by atoms with Gasteiger partial charge in [-0.3, -0.25) is 4.79 Å². The highest BCUT2D eigenvalue weighted by Crippen LogP contribution is 2.23. The number of aryl methyl sites for hydroxylation is 1. The van der Waals surface area contributed by atoms with Crippen LogP contribution < -0.4 is 15.8 Å². The van der Waals surface area contributed by atoms with Crippen LogP contribution in [0.1, 0.15) is 35.9 Å². The van der Waals surface area contributed by atoms with Crippen LogP contribution >= 0.6 is 12.4 Å². The molecular formula is C19H24ClN5O2. The van der Waals surface area contributed by atoms with Crippen LogP contribution in [0.2, 0.25) is 0 Å². The highest BCUT2D eigenvalue weighted by atomic mass is 35.5. The number of hydrogen-bond acceptors (Lipinski definition) is 5. The van der Waals surface area contributed by atoms with Gasteiger partial charge in [0.25, 0.3) is 5.91 Å². The summed E-state index contributed by atoms with van der Waals surface area (Å²) in [6, 6.07) is 9.14. The van der Waals surface area contributed by atoms with Gasteiger partial charge in [-0.25, -0.2) is 9.67 Å². The number of nitrogens with two attached hydrogens (primary N) is 1. The third-order valence-corrected chi connectivity index (χ3v) is 3.93. The van der Waals surface area contributed by atoms with Crippen LogP contribution in [-0.4, -0.2) is 33.8 Å². The van der Waals surface area contributed by atoms with Crippen molar-refractivity contribution in [1.82, 2.24) is 14.8 Å². The molecule has 0 atom stereocenters. The molecule has 0 bridgehead atoms. The highest BCUT2D eigenvalue weighted by molar-refractivity contribution is 6.12. The van der Waals surface area contributed by atoms with Crippen molar-refractivity contribution in [2.45, 2.75) is 26.8 Å². The summed E-state index contributed by atoms with van der Waals surface area (Å²) in [7, 11) is 0. The van der Waals surface area contributed by atoms with Crippen LogP contribution in [0.15, 0.2) is 36.5 Å². The molecule has 0 fully saturated rings. The van der Waals surface area contributed by atoms with Crippen molar-refractivity contribution >= 4 is 35.0 Å². The lowest BCUT2D eigenvalue weighted by Gasteiger charge is -2.10. The van der Waals surface area contributed by atoms with Crippen molar-refractivity contribution in [3.63, 3.8) is 0 Å². The molecule has 3 aromatic rings. The zero-order valence-electron chi connectivity index (χ0n) is 15.6. The van der Waals surface area contributed by atoms with Crippen LogP contribution in [-0.2, 0) is 0 Å². The number of anilines is 1. The summed E-state index contributed by atoms with van der Waals surface area (Å²) in [4.78, 5) is 17.3. The number of carbonyl (C=O) groups excluding carboxylic acids is 1. The lowest BCUT2D eigenvalue weighted by atomic mass is 10.1. The van der Waals surface area contributed by atoms with E-state index in [4.69, 9.17) is 10.5 Å². The van der Waals surface area contributed by atoms with E-state index in [-0.39, 0.29) is 24.4 Å². The zero-order valence-corrected chi connectivity index (χ0v) is 16.4. The van der Waals surface area contributed by atoms with Crippen LogP contribution in [0.3, 0.4) is 0 Å². The number of fused-ring (bicyclic) bond motifs is 1.